The van der Waals surface area contributed by atoms with Crippen LogP contribution in [-0.4, -0.2) is 49.3 Å². The van der Waals surface area contributed by atoms with E-state index in [4.69, 9.17) is 9.47 Å². The summed E-state index contributed by atoms with van der Waals surface area (Å²) in [5, 5.41) is 0. The summed E-state index contributed by atoms with van der Waals surface area (Å²) >= 11 is 0. The van der Waals surface area contributed by atoms with E-state index in [0.717, 1.165) is 68.5 Å². The van der Waals surface area contributed by atoms with Crippen molar-refractivity contribution in [3.8, 4) is 5.75 Å². The van der Waals surface area contributed by atoms with Crippen molar-refractivity contribution in [1.82, 2.24) is 0 Å². The molecule has 5 aliphatic rings. The summed E-state index contributed by atoms with van der Waals surface area (Å²) in [6.45, 7) is 5.32. The molecule has 1 aromatic rings. The SMILES string of the molecule is O=C(O[C@H]1C[N+]2(CCCOc3ccccc3)CCC1CC2)C1(C2=CC=CC2)CCCCCC1. The van der Waals surface area contributed by atoms with Crippen LogP contribution in [0.1, 0.15) is 64.2 Å². The molecule has 4 nitrogen and oxygen atoms in total. The monoisotopic (exact) mass is 450 g/mol. The fourth-order valence-electron chi connectivity index (χ4n) is 6.82. The predicted octanol–water partition coefficient (Wildman–Crippen LogP) is 5.83. The Morgan fingerprint density at radius 1 is 1.03 bits per heavy atom. The third-order valence-electron chi connectivity index (χ3n) is 8.82. The highest BCUT2D eigenvalue weighted by Crippen LogP contribution is 2.46. The molecule has 2 bridgehead atoms. The number of esters is 1. The van der Waals surface area contributed by atoms with Crippen LogP contribution in [-0.2, 0) is 9.53 Å². The lowest BCUT2D eigenvalue weighted by Gasteiger charge is -2.52. The van der Waals surface area contributed by atoms with Gasteiger partial charge in [-0.3, -0.25) is 4.79 Å². The maximum absolute atomic E-state index is 13.8. The van der Waals surface area contributed by atoms with Gasteiger partial charge < -0.3 is 14.0 Å². The van der Waals surface area contributed by atoms with Crippen molar-refractivity contribution < 1.29 is 18.8 Å². The summed E-state index contributed by atoms with van der Waals surface area (Å²) in [4.78, 5) is 13.8. The molecule has 0 radical (unpaired) electrons. The van der Waals surface area contributed by atoms with Crippen LogP contribution < -0.4 is 4.74 Å². The molecule has 0 N–H and O–H groups in total. The Morgan fingerprint density at radius 2 is 1.79 bits per heavy atom. The fourth-order valence-corrected chi connectivity index (χ4v) is 6.82. The van der Waals surface area contributed by atoms with E-state index in [2.05, 4.69) is 18.2 Å². The predicted molar refractivity (Wildman–Crippen MR) is 131 cm³/mol. The van der Waals surface area contributed by atoms with Gasteiger partial charge in [0.1, 0.15) is 12.3 Å². The Morgan fingerprint density at radius 3 is 2.48 bits per heavy atom. The smallest absolute Gasteiger partial charge is 0.316 e. The van der Waals surface area contributed by atoms with Gasteiger partial charge in [-0.05, 0) is 37.0 Å². The third-order valence-corrected chi connectivity index (χ3v) is 8.82. The van der Waals surface area contributed by atoms with Crippen LogP contribution in [0.2, 0.25) is 0 Å². The lowest BCUT2D eigenvalue weighted by molar-refractivity contribution is -0.946. The number of benzene rings is 1. The molecule has 6 rings (SSSR count). The van der Waals surface area contributed by atoms with Crippen molar-refractivity contribution in [1.29, 1.82) is 0 Å². The summed E-state index contributed by atoms with van der Waals surface area (Å²) in [6.07, 6.45) is 17.7. The Hall–Kier alpha value is -2.07. The molecule has 4 heteroatoms. The zero-order valence-corrected chi connectivity index (χ0v) is 20.1. The first-order valence-electron chi connectivity index (χ1n) is 13.3. The molecule has 1 aromatic carbocycles. The Kier molecular flexibility index (Phi) is 6.91. The second-order valence-electron chi connectivity index (χ2n) is 10.8. The number of allylic oxidation sites excluding steroid dienone is 3. The van der Waals surface area contributed by atoms with Crippen LogP contribution in [0.5, 0.6) is 5.75 Å². The number of piperidine rings is 3. The zero-order valence-electron chi connectivity index (χ0n) is 20.1. The lowest BCUT2D eigenvalue weighted by atomic mass is 9.73. The molecule has 1 saturated carbocycles. The van der Waals surface area contributed by atoms with E-state index in [0.29, 0.717) is 5.92 Å². The van der Waals surface area contributed by atoms with E-state index in [1.165, 1.54) is 44.3 Å². The van der Waals surface area contributed by atoms with Gasteiger partial charge in [-0.15, -0.1) is 0 Å². The van der Waals surface area contributed by atoms with Crippen LogP contribution in [0.25, 0.3) is 0 Å². The highest BCUT2D eigenvalue weighted by Gasteiger charge is 2.50. The molecular formula is C29H40NO3+. The minimum Gasteiger partial charge on any atom is -0.493 e. The van der Waals surface area contributed by atoms with Crippen molar-refractivity contribution in [2.75, 3.05) is 32.8 Å². The Labute approximate surface area is 199 Å². The summed E-state index contributed by atoms with van der Waals surface area (Å²) in [7, 11) is 0. The highest BCUT2D eigenvalue weighted by molar-refractivity contribution is 5.81. The first-order chi connectivity index (χ1) is 16.2. The number of nitrogens with zero attached hydrogens (tertiary/aromatic N) is 1. The van der Waals surface area contributed by atoms with Crippen LogP contribution in [0.3, 0.4) is 0 Å². The Bertz CT molecular complexity index is 858. The minimum absolute atomic E-state index is 0.0867. The lowest BCUT2D eigenvalue weighted by Crippen LogP contribution is -2.65. The normalized spacial score (nSPS) is 30.5. The number of fused-ring (bicyclic) bond motifs is 3. The molecule has 3 heterocycles. The zero-order chi connectivity index (χ0) is 22.6. The Balaban J connectivity index is 1.21. The maximum atomic E-state index is 13.8. The second kappa shape index (κ2) is 10.0. The highest BCUT2D eigenvalue weighted by atomic mass is 16.5. The van der Waals surface area contributed by atoms with Gasteiger partial charge in [-0.2, -0.15) is 0 Å². The van der Waals surface area contributed by atoms with Gasteiger partial charge in [-0.25, -0.2) is 0 Å². The number of para-hydroxylation sites is 1. The van der Waals surface area contributed by atoms with Crippen LogP contribution in [0.15, 0.2) is 54.1 Å². The quantitative estimate of drug-likeness (QED) is 0.216. The average molecular weight is 451 g/mol. The van der Waals surface area contributed by atoms with Gasteiger partial charge >= 0.3 is 5.97 Å². The molecule has 2 aliphatic carbocycles. The van der Waals surface area contributed by atoms with E-state index in [9.17, 15) is 4.79 Å². The fraction of sp³-hybridized carbons (Fsp3) is 0.621. The van der Waals surface area contributed by atoms with Gasteiger partial charge in [0.15, 0.2) is 6.10 Å². The topological polar surface area (TPSA) is 35.5 Å². The van der Waals surface area contributed by atoms with Crippen molar-refractivity contribution >= 4 is 5.97 Å². The van der Waals surface area contributed by atoms with E-state index in [-0.39, 0.29) is 17.5 Å². The first-order valence-corrected chi connectivity index (χ1v) is 13.3. The number of carbonyl (C=O) groups is 1. The molecule has 0 spiro atoms. The van der Waals surface area contributed by atoms with Gasteiger partial charge in [0.2, 0.25) is 0 Å². The summed E-state index contributed by atoms with van der Waals surface area (Å²) < 4.78 is 13.5. The average Bonchev–Trinajstić information content (AvgIpc) is 3.28. The molecule has 3 saturated heterocycles. The van der Waals surface area contributed by atoms with E-state index in [1.807, 2.05) is 30.3 Å². The molecule has 178 valence electrons. The second-order valence-corrected chi connectivity index (χ2v) is 10.8. The van der Waals surface area contributed by atoms with Crippen molar-refractivity contribution in [2.24, 2.45) is 11.3 Å². The molecule has 1 atom stereocenters. The number of ether oxygens (including phenoxy) is 2. The number of hydrogen-bond donors (Lipinski definition) is 0. The molecule has 0 amide bonds. The molecule has 33 heavy (non-hydrogen) atoms. The van der Waals surface area contributed by atoms with Crippen LogP contribution >= 0.6 is 0 Å². The summed E-state index contributed by atoms with van der Waals surface area (Å²) in [5.41, 5.74) is 0.929. The number of rotatable bonds is 8. The standard InChI is InChI=1S/C29H40NO3/c31-28(29(25-11-6-7-12-25)17-8-1-2-9-18-29)33-27-23-30(20-15-24(27)16-21-30)19-10-22-32-26-13-4-3-5-14-26/h3-7,11,13-14,24,27H,1-2,8-10,12,15-23H2/q+1/t24?,27-,30?/m0/s1. The molecule has 0 unspecified atom stereocenters. The molecule has 0 aromatic heterocycles. The minimum atomic E-state index is -0.375. The number of quaternary nitrogens is 1. The van der Waals surface area contributed by atoms with Gasteiger partial charge in [0.05, 0.1) is 31.7 Å². The summed E-state index contributed by atoms with van der Waals surface area (Å²) in [5.74, 6) is 1.59. The first kappa shape index (κ1) is 22.7. The van der Waals surface area contributed by atoms with Crippen molar-refractivity contribution in [3.05, 3.63) is 54.1 Å². The third kappa shape index (κ3) is 4.91. The van der Waals surface area contributed by atoms with Gasteiger partial charge in [0.25, 0.3) is 0 Å². The van der Waals surface area contributed by atoms with Crippen molar-refractivity contribution in [3.63, 3.8) is 0 Å². The van der Waals surface area contributed by atoms with Gasteiger partial charge in [-0.1, -0.05) is 62.1 Å². The van der Waals surface area contributed by atoms with E-state index < -0.39 is 0 Å². The largest absolute Gasteiger partial charge is 0.493 e. The molecule has 3 aliphatic heterocycles. The maximum Gasteiger partial charge on any atom is 0.316 e. The summed E-state index contributed by atoms with van der Waals surface area (Å²) in [6, 6.07) is 10.1. The van der Waals surface area contributed by atoms with Crippen molar-refractivity contribution in [2.45, 2.75) is 70.3 Å². The molecule has 4 fully saturated rings. The van der Waals surface area contributed by atoms with E-state index >= 15 is 0 Å². The van der Waals surface area contributed by atoms with Gasteiger partial charge in [0, 0.05) is 25.2 Å². The molecular weight excluding hydrogens is 410 g/mol. The number of carbonyl (C=O) groups excluding carboxylic acids is 1. The number of hydrogen-bond acceptors (Lipinski definition) is 3. The van der Waals surface area contributed by atoms with Crippen LogP contribution in [0, 0.1) is 11.3 Å². The van der Waals surface area contributed by atoms with E-state index in [1.54, 1.807) is 0 Å². The van der Waals surface area contributed by atoms with Crippen LogP contribution in [0.4, 0.5) is 0 Å².